The van der Waals surface area contributed by atoms with Gasteiger partial charge in [0.25, 0.3) is 10.0 Å². The molecule has 0 bridgehead atoms. The van der Waals surface area contributed by atoms with Crippen LogP contribution in [0.2, 0.25) is 0 Å². The van der Waals surface area contributed by atoms with Crippen LogP contribution in [-0.2, 0) is 26.2 Å². The van der Waals surface area contributed by atoms with Gasteiger partial charge in [0.2, 0.25) is 11.8 Å². The lowest BCUT2D eigenvalue weighted by atomic mass is 10.0. The zero-order chi connectivity index (χ0) is 31.8. The summed E-state index contributed by atoms with van der Waals surface area (Å²) in [7, 11) is -4.16. The van der Waals surface area contributed by atoms with Crippen LogP contribution in [0.1, 0.15) is 52.2 Å². The summed E-state index contributed by atoms with van der Waals surface area (Å²) in [4.78, 5) is 30.2. The molecule has 0 radical (unpaired) electrons. The lowest BCUT2D eigenvalue weighted by Gasteiger charge is -2.35. The van der Waals surface area contributed by atoms with Crippen molar-refractivity contribution in [2.75, 3.05) is 23.7 Å². The molecular weight excluding hydrogens is 583 g/mol. The number of hydrogen-bond acceptors (Lipinski definition) is 6. The number of carbonyl (C=O) groups is 2. The van der Waals surface area contributed by atoms with Gasteiger partial charge in [0.15, 0.2) is 0 Å². The first-order valence-electron chi connectivity index (χ1n) is 14.4. The topological polar surface area (TPSA) is 96.0 Å². The van der Waals surface area contributed by atoms with Crippen LogP contribution in [0.15, 0.2) is 82.6 Å². The highest BCUT2D eigenvalue weighted by Gasteiger charge is 2.34. The number of rotatable bonds is 13. The Morgan fingerprint density at radius 1 is 0.953 bits per heavy atom. The Kier molecular flexibility index (Phi) is 11.7. The Morgan fingerprint density at radius 3 is 2.12 bits per heavy atom. The molecule has 0 heterocycles. The van der Waals surface area contributed by atoms with Crippen molar-refractivity contribution in [3.05, 3.63) is 83.9 Å². The van der Waals surface area contributed by atoms with E-state index < -0.39 is 34.1 Å². The zero-order valence-electron chi connectivity index (χ0n) is 26.1. The molecule has 0 fully saturated rings. The molecular formula is C33H43N3O5S2. The molecule has 0 unspecified atom stereocenters. The smallest absolute Gasteiger partial charge is 0.264 e. The highest BCUT2D eigenvalue weighted by Crippen LogP contribution is 2.28. The van der Waals surface area contributed by atoms with Crippen LogP contribution in [0.25, 0.3) is 0 Å². The fourth-order valence-electron chi connectivity index (χ4n) is 4.62. The number of ether oxygens (including phenoxy) is 1. The molecule has 3 aromatic carbocycles. The molecule has 0 aliphatic heterocycles. The largest absolute Gasteiger partial charge is 0.494 e. The third-order valence-corrected chi connectivity index (χ3v) is 9.38. The van der Waals surface area contributed by atoms with Gasteiger partial charge >= 0.3 is 0 Å². The van der Waals surface area contributed by atoms with E-state index in [0.717, 1.165) is 20.3 Å². The predicted octanol–water partition coefficient (Wildman–Crippen LogP) is 6.03. The average molecular weight is 626 g/mol. The first-order chi connectivity index (χ1) is 20.3. The molecule has 0 aromatic heterocycles. The maximum atomic E-state index is 14.3. The van der Waals surface area contributed by atoms with Crippen molar-refractivity contribution in [2.45, 2.75) is 75.9 Å². The minimum Gasteiger partial charge on any atom is -0.494 e. The van der Waals surface area contributed by atoms with Gasteiger partial charge in [-0.2, -0.15) is 0 Å². The van der Waals surface area contributed by atoms with Crippen molar-refractivity contribution >= 4 is 39.3 Å². The summed E-state index contributed by atoms with van der Waals surface area (Å²) in [5.41, 5.74) is 1.65. The van der Waals surface area contributed by atoms with Gasteiger partial charge in [0.05, 0.1) is 17.2 Å². The maximum Gasteiger partial charge on any atom is 0.264 e. The molecule has 3 rings (SSSR count). The minimum atomic E-state index is -4.16. The van der Waals surface area contributed by atoms with Gasteiger partial charge in [0, 0.05) is 17.0 Å². The van der Waals surface area contributed by atoms with Crippen molar-refractivity contribution in [2.24, 2.45) is 0 Å². The van der Waals surface area contributed by atoms with Crippen LogP contribution in [0, 0.1) is 6.92 Å². The maximum absolute atomic E-state index is 14.3. The second-order valence-corrected chi connectivity index (χ2v) is 14.0. The number of sulfonamides is 1. The van der Waals surface area contributed by atoms with E-state index in [-0.39, 0.29) is 17.3 Å². The molecule has 0 aliphatic rings. The van der Waals surface area contributed by atoms with E-state index >= 15 is 0 Å². The average Bonchev–Trinajstić information content (AvgIpc) is 2.96. The summed E-state index contributed by atoms with van der Waals surface area (Å²) >= 11 is 1.51. The van der Waals surface area contributed by atoms with Gasteiger partial charge in [-0.15, -0.1) is 11.8 Å². The minimum absolute atomic E-state index is 0.0648. The summed E-state index contributed by atoms with van der Waals surface area (Å²) in [5, 5.41) is 3.00. The third kappa shape index (κ3) is 9.00. The summed E-state index contributed by atoms with van der Waals surface area (Å²) in [6.07, 6.45) is 2.27. The number of carbonyl (C=O) groups excluding carboxylic acids is 2. The monoisotopic (exact) mass is 625 g/mol. The van der Waals surface area contributed by atoms with Crippen molar-refractivity contribution in [1.29, 1.82) is 0 Å². The first kappa shape index (κ1) is 34.0. The van der Waals surface area contributed by atoms with E-state index in [0.29, 0.717) is 24.5 Å². The SMILES string of the molecule is CCOc1ccc(N(CC(=O)N(Cc2ccccc2C)[C@@H](CC)C(=O)NC(C)(C)C)S(=O)(=O)c2ccc(SC)cc2)cc1. The number of hydrogen-bond donors (Lipinski definition) is 1. The summed E-state index contributed by atoms with van der Waals surface area (Å²) in [6.45, 7) is 11.4. The lowest BCUT2D eigenvalue weighted by Crippen LogP contribution is -2.55. The molecule has 0 aliphatic carbocycles. The van der Waals surface area contributed by atoms with E-state index in [9.17, 15) is 18.0 Å². The Morgan fingerprint density at radius 2 is 1.58 bits per heavy atom. The van der Waals surface area contributed by atoms with Gasteiger partial charge in [-0.25, -0.2) is 8.42 Å². The normalized spacial score (nSPS) is 12.3. The van der Waals surface area contributed by atoms with Crippen LogP contribution in [0.4, 0.5) is 5.69 Å². The highest BCUT2D eigenvalue weighted by atomic mass is 32.2. The zero-order valence-corrected chi connectivity index (χ0v) is 27.7. The number of anilines is 1. The first-order valence-corrected chi connectivity index (χ1v) is 17.0. The Labute approximate surface area is 260 Å². The number of benzene rings is 3. The standard InChI is InChI=1S/C33H43N3O5S2/c1-8-30(32(38)34-33(4,5)6)35(22-25-13-11-10-12-24(25)3)31(37)23-36(26-14-16-27(17-15-26)41-9-2)43(39,40)29-20-18-28(42-7)19-21-29/h10-21,30H,8-9,22-23H2,1-7H3,(H,34,38)/t30-/m0/s1. The van der Waals surface area contributed by atoms with Crippen molar-refractivity contribution in [3.63, 3.8) is 0 Å². The molecule has 8 nitrogen and oxygen atoms in total. The number of amides is 2. The molecule has 43 heavy (non-hydrogen) atoms. The van der Waals surface area contributed by atoms with E-state index in [1.54, 1.807) is 48.5 Å². The van der Waals surface area contributed by atoms with Crippen LogP contribution < -0.4 is 14.4 Å². The number of thioether (sulfide) groups is 1. The third-order valence-electron chi connectivity index (χ3n) is 6.85. The summed E-state index contributed by atoms with van der Waals surface area (Å²) in [6, 6.07) is 20.0. The molecule has 0 saturated carbocycles. The van der Waals surface area contributed by atoms with Gasteiger partial charge in [-0.1, -0.05) is 31.2 Å². The predicted molar refractivity (Wildman–Crippen MR) is 174 cm³/mol. The summed E-state index contributed by atoms with van der Waals surface area (Å²) in [5.74, 6) is -0.192. The Bertz CT molecular complexity index is 1480. The Hall–Kier alpha value is -3.50. The van der Waals surface area contributed by atoms with Crippen LogP contribution in [0.5, 0.6) is 5.75 Å². The Balaban J connectivity index is 2.09. The second-order valence-electron chi connectivity index (χ2n) is 11.2. The fraction of sp³-hybridized carbons (Fsp3) is 0.394. The summed E-state index contributed by atoms with van der Waals surface area (Å²) < 4.78 is 34.9. The van der Waals surface area contributed by atoms with Gasteiger partial charge in [0.1, 0.15) is 18.3 Å². The molecule has 0 saturated heterocycles. The molecule has 1 atom stereocenters. The molecule has 2 amide bonds. The van der Waals surface area contributed by atoms with Crippen LogP contribution in [0.3, 0.4) is 0 Å². The van der Waals surface area contributed by atoms with E-state index in [1.165, 1.54) is 16.7 Å². The molecule has 232 valence electrons. The molecule has 0 spiro atoms. The lowest BCUT2D eigenvalue weighted by molar-refractivity contribution is -0.141. The number of nitrogens with one attached hydrogen (secondary N) is 1. The quantitative estimate of drug-likeness (QED) is 0.233. The molecule has 3 aromatic rings. The van der Waals surface area contributed by atoms with E-state index in [2.05, 4.69) is 5.32 Å². The molecule has 1 N–H and O–H groups in total. The van der Waals surface area contributed by atoms with Crippen LogP contribution in [-0.4, -0.2) is 56.1 Å². The number of aryl methyl sites for hydroxylation is 1. The highest BCUT2D eigenvalue weighted by molar-refractivity contribution is 7.98. The molecule has 10 heteroatoms. The van der Waals surface area contributed by atoms with E-state index in [4.69, 9.17) is 4.74 Å². The van der Waals surface area contributed by atoms with Crippen LogP contribution >= 0.6 is 11.8 Å². The van der Waals surface area contributed by atoms with Gasteiger partial charge < -0.3 is 15.0 Å². The van der Waals surface area contributed by atoms with Crippen molar-refractivity contribution in [1.82, 2.24) is 10.2 Å². The van der Waals surface area contributed by atoms with E-state index in [1.807, 2.05) is 72.1 Å². The number of nitrogens with zero attached hydrogens (tertiary/aromatic N) is 2. The second kappa shape index (κ2) is 14.8. The van der Waals surface area contributed by atoms with Crippen molar-refractivity contribution in [3.8, 4) is 5.75 Å². The van der Waals surface area contributed by atoms with Gasteiger partial charge in [-0.3, -0.25) is 13.9 Å². The fourth-order valence-corrected chi connectivity index (χ4v) is 6.44. The van der Waals surface area contributed by atoms with Gasteiger partial charge in [-0.05, 0) is 107 Å². The van der Waals surface area contributed by atoms with Crippen molar-refractivity contribution < 1.29 is 22.7 Å².